The summed E-state index contributed by atoms with van der Waals surface area (Å²) in [5.74, 6) is 1.05. The Morgan fingerprint density at radius 2 is 1.78 bits per heavy atom. The van der Waals surface area contributed by atoms with Gasteiger partial charge in [0.1, 0.15) is 5.75 Å². The zero-order chi connectivity index (χ0) is 12.8. The number of para-hydroxylation sites is 1. The summed E-state index contributed by atoms with van der Waals surface area (Å²) in [6.45, 7) is 1.05. The van der Waals surface area contributed by atoms with Crippen molar-refractivity contribution >= 4 is 0 Å². The highest BCUT2D eigenvalue weighted by atomic mass is 16.5. The van der Waals surface area contributed by atoms with E-state index in [2.05, 4.69) is 36.6 Å². The van der Waals surface area contributed by atoms with Crippen molar-refractivity contribution in [3.63, 3.8) is 0 Å². The van der Waals surface area contributed by atoms with Crippen LogP contribution in [0.3, 0.4) is 0 Å². The van der Waals surface area contributed by atoms with Crippen LogP contribution in [-0.4, -0.2) is 20.7 Å². The van der Waals surface area contributed by atoms with Gasteiger partial charge < -0.3 is 10.1 Å². The molecule has 1 aromatic rings. The third-order valence-electron chi connectivity index (χ3n) is 4.25. The zero-order valence-corrected chi connectivity index (χ0v) is 11.7. The van der Waals surface area contributed by atoms with Crippen molar-refractivity contribution in [1.29, 1.82) is 0 Å². The van der Waals surface area contributed by atoms with Crippen LogP contribution in [-0.2, 0) is 5.41 Å². The minimum Gasteiger partial charge on any atom is -0.496 e. The molecule has 0 amide bonds. The van der Waals surface area contributed by atoms with Gasteiger partial charge in [-0.15, -0.1) is 0 Å². The monoisotopic (exact) mass is 247 g/mol. The van der Waals surface area contributed by atoms with E-state index in [0.29, 0.717) is 0 Å². The molecule has 18 heavy (non-hydrogen) atoms. The number of likely N-dealkylation sites (N-methyl/N-ethyl adjacent to an activating group) is 1. The lowest BCUT2D eigenvalue weighted by Gasteiger charge is -2.34. The molecule has 2 rings (SSSR count). The summed E-state index contributed by atoms with van der Waals surface area (Å²) in [6.07, 6.45) is 7.96. The van der Waals surface area contributed by atoms with E-state index >= 15 is 0 Å². The first-order valence-corrected chi connectivity index (χ1v) is 7.10. The number of benzene rings is 1. The molecule has 0 heterocycles. The third kappa shape index (κ3) is 2.69. The number of rotatable bonds is 4. The summed E-state index contributed by atoms with van der Waals surface area (Å²) in [5.41, 5.74) is 1.65. The Morgan fingerprint density at radius 3 is 2.39 bits per heavy atom. The van der Waals surface area contributed by atoms with Gasteiger partial charge in [-0.05, 0) is 26.0 Å². The van der Waals surface area contributed by atoms with E-state index in [1.54, 1.807) is 7.11 Å². The molecular formula is C16H25NO. The summed E-state index contributed by atoms with van der Waals surface area (Å²) in [5, 5.41) is 3.40. The fraction of sp³-hybridized carbons (Fsp3) is 0.625. The molecule has 2 nitrogen and oxygen atoms in total. The largest absolute Gasteiger partial charge is 0.496 e. The second kappa shape index (κ2) is 6.24. The average Bonchev–Trinajstić information content (AvgIpc) is 2.66. The summed E-state index contributed by atoms with van der Waals surface area (Å²) < 4.78 is 5.58. The van der Waals surface area contributed by atoms with Gasteiger partial charge >= 0.3 is 0 Å². The van der Waals surface area contributed by atoms with Crippen LogP contribution in [0.15, 0.2) is 24.3 Å². The van der Waals surface area contributed by atoms with Crippen LogP contribution < -0.4 is 10.1 Å². The van der Waals surface area contributed by atoms with Gasteiger partial charge in [0.15, 0.2) is 0 Å². The van der Waals surface area contributed by atoms with E-state index in [-0.39, 0.29) is 5.41 Å². The maximum atomic E-state index is 5.58. The predicted molar refractivity (Wildman–Crippen MR) is 76.3 cm³/mol. The zero-order valence-electron chi connectivity index (χ0n) is 11.7. The summed E-state index contributed by atoms with van der Waals surface area (Å²) >= 11 is 0. The van der Waals surface area contributed by atoms with Crippen LogP contribution in [0.4, 0.5) is 0 Å². The van der Waals surface area contributed by atoms with E-state index in [4.69, 9.17) is 4.74 Å². The lowest BCUT2D eigenvalue weighted by atomic mass is 9.74. The topological polar surface area (TPSA) is 21.3 Å². The van der Waals surface area contributed by atoms with Gasteiger partial charge in [-0.25, -0.2) is 0 Å². The molecular weight excluding hydrogens is 222 g/mol. The first-order chi connectivity index (χ1) is 8.82. The molecule has 1 fully saturated rings. The standard InChI is InChI=1S/C16H25NO/c1-17-13-16(11-7-3-4-8-12-16)14-9-5-6-10-15(14)18-2/h5-6,9-10,17H,3-4,7-8,11-13H2,1-2H3. The second-order valence-corrected chi connectivity index (χ2v) is 5.43. The Kier molecular flexibility index (Phi) is 4.65. The molecule has 0 unspecified atom stereocenters. The highest BCUT2D eigenvalue weighted by molar-refractivity contribution is 5.40. The van der Waals surface area contributed by atoms with Crippen LogP contribution in [0, 0.1) is 0 Å². The fourth-order valence-electron chi connectivity index (χ4n) is 3.37. The lowest BCUT2D eigenvalue weighted by Crippen LogP contribution is -2.36. The average molecular weight is 247 g/mol. The molecule has 1 aliphatic rings. The van der Waals surface area contributed by atoms with E-state index in [0.717, 1.165) is 12.3 Å². The number of hydrogen-bond acceptors (Lipinski definition) is 2. The lowest BCUT2D eigenvalue weighted by molar-refractivity contribution is 0.332. The predicted octanol–water partition coefficient (Wildman–Crippen LogP) is 3.51. The second-order valence-electron chi connectivity index (χ2n) is 5.43. The number of hydrogen-bond donors (Lipinski definition) is 1. The highest BCUT2D eigenvalue weighted by Crippen LogP contribution is 2.41. The van der Waals surface area contributed by atoms with Gasteiger partial charge in [-0.2, -0.15) is 0 Å². The quantitative estimate of drug-likeness (QED) is 0.822. The fourth-order valence-corrected chi connectivity index (χ4v) is 3.37. The van der Waals surface area contributed by atoms with Crippen molar-refractivity contribution in [2.24, 2.45) is 0 Å². The molecule has 100 valence electrons. The molecule has 0 aliphatic heterocycles. The molecule has 0 spiro atoms. The maximum absolute atomic E-state index is 5.58. The van der Waals surface area contributed by atoms with Gasteiger partial charge in [0.2, 0.25) is 0 Å². The molecule has 1 N–H and O–H groups in total. The van der Waals surface area contributed by atoms with Crippen molar-refractivity contribution in [2.45, 2.75) is 43.9 Å². The summed E-state index contributed by atoms with van der Waals surface area (Å²) in [6, 6.07) is 8.55. The van der Waals surface area contributed by atoms with Crippen molar-refractivity contribution in [1.82, 2.24) is 5.32 Å². The Balaban J connectivity index is 2.38. The van der Waals surface area contributed by atoms with Gasteiger partial charge in [0.25, 0.3) is 0 Å². The van der Waals surface area contributed by atoms with Crippen molar-refractivity contribution in [3.05, 3.63) is 29.8 Å². The van der Waals surface area contributed by atoms with Crippen LogP contribution in [0.25, 0.3) is 0 Å². The SMILES string of the molecule is CNCC1(c2ccccc2OC)CCCCCC1. The van der Waals surface area contributed by atoms with Crippen LogP contribution in [0.2, 0.25) is 0 Å². The highest BCUT2D eigenvalue weighted by Gasteiger charge is 2.34. The van der Waals surface area contributed by atoms with E-state index in [1.807, 2.05) is 0 Å². The minimum atomic E-state index is 0.262. The molecule has 1 aromatic carbocycles. The number of nitrogens with one attached hydrogen (secondary N) is 1. The van der Waals surface area contributed by atoms with E-state index in [9.17, 15) is 0 Å². The summed E-state index contributed by atoms with van der Waals surface area (Å²) in [7, 11) is 3.84. The Labute approximate surface area is 111 Å². The smallest absolute Gasteiger partial charge is 0.122 e. The summed E-state index contributed by atoms with van der Waals surface area (Å²) in [4.78, 5) is 0. The van der Waals surface area contributed by atoms with Crippen molar-refractivity contribution < 1.29 is 4.74 Å². The Morgan fingerprint density at radius 1 is 1.11 bits per heavy atom. The van der Waals surface area contributed by atoms with Gasteiger partial charge in [-0.1, -0.05) is 43.9 Å². The van der Waals surface area contributed by atoms with Crippen LogP contribution >= 0.6 is 0 Å². The Hall–Kier alpha value is -1.02. The molecule has 0 bridgehead atoms. The molecule has 1 saturated carbocycles. The van der Waals surface area contributed by atoms with E-state index in [1.165, 1.54) is 44.1 Å². The number of methoxy groups -OCH3 is 1. The van der Waals surface area contributed by atoms with E-state index < -0.39 is 0 Å². The molecule has 0 aromatic heterocycles. The van der Waals surface area contributed by atoms with Gasteiger partial charge in [0, 0.05) is 17.5 Å². The van der Waals surface area contributed by atoms with Crippen LogP contribution in [0.5, 0.6) is 5.75 Å². The van der Waals surface area contributed by atoms with Gasteiger partial charge in [0.05, 0.1) is 7.11 Å². The molecule has 2 heteroatoms. The maximum Gasteiger partial charge on any atom is 0.122 e. The normalized spacial score (nSPS) is 19.2. The third-order valence-corrected chi connectivity index (χ3v) is 4.25. The Bertz CT molecular complexity index is 367. The molecule has 0 radical (unpaired) electrons. The first kappa shape index (κ1) is 13.4. The molecule has 1 aliphatic carbocycles. The first-order valence-electron chi connectivity index (χ1n) is 7.10. The van der Waals surface area contributed by atoms with Crippen molar-refractivity contribution in [2.75, 3.05) is 20.7 Å². The van der Waals surface area contributed by atoms with Crippen LogP contribution in [0.1, 0.15) is 44.1 Å². The molecule has 0 saturated heterocycles. The molecule has 0 atom stereocenters. The van der Waals surface area contributed by atoms with Gasteiger partial charge in [-0.3, -0.25) is 0 Å². The number of ether oxygens (including phenoxy) is 1. The minimum absolute atomic E-state index is 0.262. The van der Waals surface area contributed by atoms with Crippen molar-refractivity contribution in [3.8, 4) is 5.75 Å².